The highest BCUT2D eigenvalue weighted by Gasteiger charge is 2.25. The van der Waals surface area contributed by atoms with Crippen molar-refractivity contribution in [2.75, 3.05) is 0 Å². The summed E-state index contributed by atoms with van der Waals surface area (Å²) in [5.74, 6) is 0.693. The SMILES string of the molecule is CC(=O)c1nccc(COc2ccc(C(C)(C)c3cc(Cl)c(C)c(C#N)c3)cc2)n1. The van der Waals surface area contributed by atoms with Gasteiger partial charge in [-0.15, -0.1) is 0 Å². The number of hydrogen-bond donors (Lipinski definition) is 0. The Balaban J connectivity index is 1.78. The van der Waals surface area contributed by atoms with Crippen LogP contribution in [0.4, 0.5) is 0 Å². The summed E-state index contributed by atoms with van der Waals surface area (Å²) in [6.45, 7) is 7.71. The molecule has 2 aromatic carbocycles. The number of Topliss-reactive ketones (excluding diaryl/α,β-unsaturated/α-hetero) is 1. The van der Waals surface area contributed by atoms with E-state index in [1.54, 1.807) is 12.3 Å². The van der Waals surface area contributed by atoms with Crippen molar-refractivity contribution in [1.82, 2.24) is 9.97 Å². The number of rotatable bonds is 6. The third-order valence-electron chi connectivity index (χ3n) is 5.18. The monoisotopic (exact) mass is 419 g/mol. The van der Waals surface area contributed by atoms with E-state index in [1.165, 1.54) is 6.92 Å². The number of halogens is 1. The number of carbonyl (C=O) groups excluding carboxylic acids is 1. The van der Waals surface area contributed by atoms with Gasteiger partial charge in [-0.05, 0) is 53.9 Å². The molecule has 0 saturated carbocycles. The number of ketones is 1. The first-order chi connectivity index (χ1) is 14.2. The molecule has 0 saturated heterocycles. The van der Waals surface area contributed by atoms with E-state index in [2.05, 4.69) is 29.9 Å². The topological polar surface area (TPSA) is 75.9 Å². The number of nitrogens with zero attached hydrogens (tertiary/aromatic N) is 3. The summed E-state index contributed by atoms with van der Waals surface area (Å²) in [5.41, 5.74) is 3.71. The minimum atomic E-state index is -0.343. The molecule has 0 atom stereocenters. The molecule has 3 aromatic rings. The molecule has 0 amide bonds. The first-order valence-corrected chi connectivity index (χ1v) is 9.87. The van der Waals surface area contributed by atoms with Crippen LogP contribution in [-0.4, -0.2) is 15.8 Å². The Morgan fingerprint density at radius 3 is 2.50 bits per heavy atom. The largest absolute Gasteiger partial charge is 0.487 e. The number of aromatic nitrogens is 2. The van der Waals surface area contributed by atoms with Gasteiger partial charge in [0.1, 0.15) is 12.4 Å². The standard InChI is InChI=1S/C24H22ClN3O2/c1-15-17(13-26)11-19(12-22(15)25)24(3,4)18-5-7-21(8-6-18)30-14-20-9-10-27-23(28-20)16(2)29/h5-12H,14H2,1-4H3. The zero-order valence-electron chi connectivity index (χ0n) is 17.4. The second-order valence-corrected chi connectivity index (χ2v) is 8.02. The highest BCUT2D eigenvalue weighted by Crippen LogP contribution is 2.35. The molecule has 0 spiro atoms. The van der Waals surface area contributed by atoms with Crippen LogP contribution in [0, 0.1) is 18.3 Å². The van der Waals surface area contributed by atoms with E-state index in [4.69, 9.17) is 16.3 Å². The van der Waals surface area contributed by atoms with Crippen LogP contribution >= 0.6 is 11.6 Å². The molecular weight excluding hydrogens is 398 g/mol. The summed E-state index contributed by atoms with van der Waals surface area (Å²) >= 11 is 6.34. The van der Waals surface area contributed by atoms with Crippen LogP contribution in [0.15, 0.2) is 48.7 Å². The van der Waals surface area contributed by atoms with Gasteiger partial charge < -0.3 is 4.74 Å². The Labute approximate surface area is 181 Å². The van der Waals surface area contributed by atoms with Gasteiger partial charge in [-0.1, -0.05) is 37.6 Å². The second kappa shape index (κ2) is 8.64. The Hall–Kier alpha value is -3.23. The molecule has 1 heterocycles. The van der Waals surface area contributed by atoms with Crippen molar-refractivity contribution < 1.29 is 9.53 Å². The predicted octanol–water partition coefficient (Wildman–Crippen LogP) is 5.42. The van der Waals surface area contributed by atoms with Gasteiger partial charge in [-0.3, -0.25) is 4.79 Å². The van der Waals surface area contributed by atoms with Gasteiger partial charge >= 0.3 is 0 Å². The lowest BCUT2D eigenvalue weighted by molar-refractivity contribution is 0.100. The van der Waals surface area contributed by atoms with E-state index in [9.17, 15) is 10.1 Å². The number of nitriles is 1. The molecule has 3 rings (SSSR count). The van der Waals surface area contributed by atoms with E-state index in [-0.39, 0.29) is 23.6 Å². The van der Waals surface area contributed by atoms with Crippen LogP contribution < -0.4 is 4.74 Å². The number of benzene rings is 2. The number of hydrogen-bond acceptors (Lipinski definition) is 5. The molecule has 30 heavy (non-hydrogen) atoms. The van der Waals surface area contributed by atoms with Crippen molar-refractivity contribution >= 4 is 17.4 Å². The van der Waals surface area contributed by atoms with E-state index in [1.807, 2.05) is 43.3 Å². The lowest BCUT2D eigenvalue weighted by atomic mass is 9.77. The third kappa shape index (κ3) is 4.50. The lowest BCUT2D eigenvalue weighted by Gasteiger charge is -2.27. The van der Waals surface area contributed by atoms with Crippen molar-refractivity contribution in [3.8, 4) is 11.8 Å². The summed E-state index contributed by atoms with van der Waals surface area (Å²) in [6.07, 6.45) is 1.55. The van der Waals surface area contributed by atoms with Crippen LogP contribution in [0.25, 0.3) is 0 Å². The van der Waals surface area contributed by atoms with Gasteiger partial charge in [-0.2, -0.15) is 5.26 Å². The van der Waals surface area contributed by atoms with Crippen LogP contribution in [0.1, 0.15) is 59.3 Å². The van der Waals surface area contributed by atoms with Gasteiger partial charge in [0.15, 0.2) is 11.6 Å². The average molecular weight is 420 g/mol. The van der Waals surface area contributed by atoms with Gasteiger partial charge in [0.25, 0.3) is 0 Å². The fourth-order valence-corrected chi connectivity index (χ4v) is 3.31. The summed E-state index contributed by atoms with van der Waals surface area (Å²) in [7, 11) is 0. The maximum atomic E-state index is 11.4. The van der Waals surface area contributed by atoms with Crippen LogP contribution in [0.5, 0.6) is 5.75 Å². The Morgan fingerprint density at radius 2 is 1.87 bits per heavy atom. The maximum absolute atomic E-state index is 11.4. The van der Waals surface area contributed by atoms with Gasteiger partial charge in [-0.25, -0.2) is 9.97 Å². The minimum absolute atomic E-state index is 0.181. The molecule has 0 N–H and O–H groups in total. The predicted molar refractivity (Wildman–Crippen MR) is 116 cm³/mol. The van der Waals surface area contributed by atoms with E-state index < -0.39 is 0 Å². The summed E-state index contributed by atoms with van der Waals surface area (Å²) in [4.78, 5) is 19.5. The smallest absolute Gasteiger partial charge is 0.196 e. The fourth-order valence-electron chi connectivity index (χ4n) is 3.09. The van der Waals surface area contributed by atoms with Gasteiger partial charge in [0, 0.05) is 23.6 Å². The number of carbonyl (C=O) groups is 1. The molecule has 0 aliphatic rings. The molecule has 5 nitrogen and oxygen atoms in total. The molecule has 0 unspecified atom stereocenters. The van der Waals surface area contributed by atoms with Crippen molar-refractivity contribution in [3.63, 3.8) is 0 Å². The lowest BCUT2D eigenvalue weighted by Crippen LogP contribution is -2.19. The fraction of sp³-hybridized carbons (Fsp3) is 0.250. The Morgan fingerprint density at radius 1 is 1.17 bits per heavy atom. The Kier molecular flexibility index (Phi) is 6.19. The molecule has 0 bridgehead atoms. The second-order valence-electron chi connectivity index (χ2n) is 7.61. The molecule has 1 aromatic heterocycles. The quantitative estimate of drug-likeness (QED) is 0.499. The van der Waals surface area contributed by atoms with Gasteiger partial charge in [0.2, 0.25) is 0 Å². The molecule has 6 heteroatoms. The van der Waals surface area contributed by atoms with Crippen molar-refractivity contribution in [1.29, 1.82) is 5.26 Å². The molecule has 152 valence electrons. The summed E-state index contributed by atoms with van der Waals surface area (Å²) in [6, 6.07) is 15.5. The first kappa shape index (κ1) is 21.5. The molecule has 0 aliphatic carbocycles. The molecule has 0 aliphatic heterocycles. The first-order valence-electron chi connectivity index (χ1n) is 9.49. The van der Waals surface area contributed by atoms with E-state index >= 15 is 0 Å². The van der Waals surface area contributed by atoms with Crippen LogP contribution in [0.2, 0.25) is 5.02 Å². The third-order valence-corrected chi connectivity index (χ3v) is 5.57. The van der Waals surface area contributed by atoms with Crippen molar-refractivity contribution in [2.24, 2.45) is 0 Å². The summed E-state index contributed by atoms with van der Waals surface area (Å²) in [5, 5.41) is 9.98. The van der Waals surface area contributed by atoms with Crippen LogP contribution in [-0.2, 0) is 12.0 Å². The summed E-state index contributed by atoms with van der Waals surface area (Å²) < 4.78 is 5.81. The average Bonchev–Trinajstić information content (AvgIpc) is 2.74. The van der Waals surface area contributed by atoms with Crippen molar-refractivity contribution in [2.45, 2.75) is 39.7 Å². The van der Waals surface area contributed by atoms with Gasteiger partial charge in [0.05, 0.1) is 17.3 Å². The zero-order chi connectivity index (χ0) is 21.9. The van der Waals surface area contributed by atoms with Crippen molar-refractivity contribution in [3.05, 3.63) is 87.5 Å². The van der Waals surface area contributed by atoms with E-state index in [0.29, 0.717) is 22.0 Å². The Bertz CT molecular complexity index is 1130. The zero-order valence-corrected chi connectivity index (χ0v) is 18.1. The highest BCUT2D eigenvalue weighted by molar-refractivity contribution is 6.31. The molecule has 0 fully saturated rings. The highest BCUT2D eigenvalue weighted by atomic mass is 35.5. The molecular formula is C24H22ClN3O2. The van der Waals surface area contributed by atoms with Crippen LogP contribution in [0.3, 0.4) is 0 Å². The molecule has 0 radical (unpaired) electrons. The normalized spacial score (nSPS) is 11.1. The maximum Gasteiger partial charge on any atom is 0.196 e. The van der Waals surface area contributed by atoms with E-state index in [0.717, 1.165) is 16.7 Å². The minimum Gasteiger partial charge on any atom is -0.487 e. The number of ether oxygens (including phenoxy) is 1.